The number of hydrogen-bond donors (Lipinski definition) is 1. The number of nitriles is 1. The average molecular weight is 246 g/mol. The van der Waals surface area contributed by atoms with Crippen LogP contribution < -0.4 is 10.1 Å². The Morgan fingerprint density at radius 1 is 1.44 bits per heavy atom. The number of ether oxygens (including phenoxy) is 1. The lowest BCUT2D eigenvalue weighted by molar-refractivity contribution is 0.312. The molecule has 1 aromatic heterocycles. The Morgan fingerprint density at radius 3 is 2.89 bits per heavy atom. The lowest BCUT2D eigenvalue weighted by Crippen LogP contribution is -2.23. The Bertz CT molecular complexity index is 435. The molecule has 18 heavy (non-hydrogen) atoms. The minimum absolute atomic E-state index is 0.329. The van der Waals surface area contributed by atoms with Crippen LogP contribution >= 0.6 is 0 Å². The average Bonchev–Trinajstić information content (AvgIpc) is 2.41. The topological polar surface area (TPSA) is 70.8 Å². The molecule has 1 N–H and O–H groups in total. The standard InChI is InChI=1S/C13H18N4O/c1-2-18-13-15-9-10(8-14)12(17-13)16-11-6-4-3-5-7-11/h9,11H,2-7H2,1H3,(H,15,16,17). The first-order chi connectivity index (χ1) is 8.83. The predicted molar refractivity (Wildman–Crippen MR) is 68.4 cm³/mol. The van der Waals surface area contributed by atoms with Crippen LogP contribution in [0.5, 0.6) is 6.01 Å². The van der Waals surface area contributed by atoms with Gasteiger partial charge in [-0.1, -0.05) is 19.3 Å². The second-order valence-corrected chi connectivity index (χ2v) is 4.44. The van der Waals surface area contributed by atoms with Crippen LogP contribution in [0.15, 0.2) is 6.20 Å². The van der Waals surface area contributed by atoms with Gasteiger partial charge in [0.05, 0.1) is 12.8 Å². The molecule has 2 rings (SSSR count). The lowest BCUT2D eigenvalue weighted by Gasteiger charge is -2.23. The highest BCUT2D eigenvalue weighted by molar-refractivity contribution is 5.51. The fraction of sp³-hybridized carbons (Fsp3) is 0.615. The molecule has 0 bridgehead atoms. The van der Waals surface area contributed by atoms with Crippen molar-refractivity contribution in [1.29, 1.82) is 5.26 Å². The number of hydrogen-bond acceptors (Lipinski definition) is 5. The van der Waals surface area contributed by atoms with Crippen LogP contribution in [0.3, 0.4) is 0 Å². The monoisotopic (exact) mass is 246 g/mol. The van der Waals surface area contributed by atoms with Crippen molar-refractivity contribution in [1.82, 2.24) is 9.97 Å². The molecule has 1 fully saturated rings. The maximum atomic E-state index is 9.06. The Balaban J connectivity index is 2.13. The van der Waals surface area contributed by atoms with E-state index in [1.165, 1.54) is 25.5 Å². The van der Waals surface area contributed by atoms with Crippen LogP contribution in [0.2, 0.25) is 0 Å². The van der Waals surface area contributed by atoms with Crippen LogP contribution in [0.1, 0.15) is 44.6 Å². The van der Waals surface area contributed by atoms with Crippen molar-refractivity contribution in [3.63, 3.8) is 0 Å². The van der Waals surface area contributed by atoms with Crippen LogP contribution in [-0.2, 0) is 0 Å². The zero-order valence-electron chi connectivity index (χ0n) is 10.6. The second kappa shape index (κ2) is 6.20. The van der Waals surface area contributed by atoms with E-state index in [1.807, 2.05) is 6.92 Å². The van der Waals surface area contributed by atoms with Crippen LogP contribution in [0.25, 0.3) is 0 Å². The van der Waals surface area contributed by atoms with E-state index in [2.05, 4.69) is 21.4 Å². The van der Waals surface area contributed by atoms with Crippen LogP contribution in [0, 0.1) is 11.3 Å². The van der Waals surface area contributed by atoms with Crippen LogP contribution in [-0.4, -0.2) is 22.6 Å². The van der Waals surface area contributed by atoms with Crippen molar-refractivity contribution < 1.29 is 4.74 Å². The summed E-state index contributed by atoms with van der Waals surface area (Å²) in [5, 5.41) is 12.4. The molecule has 0 atom stereocenters. The largest absolute Gasteiger partial charge is 0.464 e. The molecule has 0 saturated heterocycles. The summed E-state index contributed by atoms with van der Waals surface area (Å²) in [6.07, 6.45) is 7.57. The van der Waals surface area contributed by atoms with Gasteiger partial charge in [-0.25, -0.2) is 4.98 Å². The third-order valence-electron chi connectivity index (χ3n) is 3.11. The highest BCUT2D eigenvalue weighted by atomic mass is 16.5. The van der Waals surface area contributed by atoms with E-state index in [0.717, 1.165) is 12.8 Å². The summed E-state index contributed by atoms with van der Waals surface area (Å²) < 4.78 is 5.26. The zero-order valence-corrected chi connectivity index (χ0v) is 10.6. The Labute approximate surface area is 107 Å². The highest BCUT2D eigenvalue weighted by Crippen LogP contribution is 2.23. The van der Waals surface area contributed by atoms with E-state index < -0.39 is 0 Å². The van der Waals surface area contributed by atoms with E-state index in [1.54, 1.807) is 0 Å². The molecule has 0 unspecified atom stereocenters. The molecule has 0 radical (unpaired) electrons. The molecule has 1 heterocycles. The molecular weight excluding hydrogens is 228 g/mol. The molecule has 1 aromatic rings. The third kappa shape index (κ3) is 3.10. The van der Waals surface area contributed by atoms with Gasteiger partial charge in [-0.3, -0.25) is 0 Å². The van der Waals surface area contributed by atoms with E-state index in [9.17, 15) is 0 Å². The summed E-state index contributed by atoms with van der Waals surface area (Å²) in [5.41, 5.74) is 0.476. The predicted octanol–water partition coefficient (Wildman–Crippen LogP) is 2.49. The molecule has 5 heteroatoms. The summed E-state index contributed by atoms with van der Waals surface area (Å²) in [5.74, 6) is 0.600. The fourth-order valence-electron chi connectivity index (χ4n) is 2.20. The fourth-order valence-corrected chi connectivity index (χ4v) is 2.20. The van der Waals surface area contributed by atoms with Crippen molar-refractivity contribution in [2.45, 2.75) is 45.1 Å². The maximum Gasteiger partial charge on any atom is 0.318 e. The normalized spacial score (nSPS) is 16.0. The number of anilines is 1. The van der Waals surface area contributed by atoms with Crippen LogP contribution in [0.4, 0.5) is 5.82 Å². The minimum atomic E-state index is 0.329. The lowest BCUT2D eigenvalue weighted by atomic mass is 9.95. The molecule has 0 aliphatic heterocycles. The van der Waals surface area contributed by atoms with Gasteiger partial charge in [-0.05, 0) is 19.8 Å². The number of nitrogens with zero attached hydrogens (tertiary/aromatic N) is 3. The summed E-state index contributed by atoms with van der Waals surface area (Å²) in [6.45, 7) is 2.41. The summed E-state index contributed by atoms with van der Waals surface area (Å²) in [6, 6.07) is 2.85. The van der Waals surface area contributed by atoms with Crippen molar-refractivity contribution in [2.24, 2.45) is 0 Å². The molecule has 1 aliphatic carbocycles. The third-order valence-corrected chi connectivity index (χ3v) is 3.11. The van der Waals surface area contributed by atoms with Crippen molar-refractivity contribution in [2.75, 3.05) is 11.9 Å². The maximum absolute atomic E-state index is 9.06. The Kier molecular flexibility index (Phi) is 4.35. The van der Waals surface area contributed by atoms with Gasteiger partial charge < -0.3 is 10.1 Å². The SMILES string of the molecule is CCOc1ncc(C#N)c(NC2CCCCC2)n1. The van der Waals surface area contributed by atoms with E-state index >= 15 is 0 Å². The summed E-state index contributed by atoms with van der Waals surface area (Å²) in [7, 11) is 0. The first-order valence-electron chi connectivity index (χ1n) is 6.50. The smallest absolute Gasteiger partial charge is 0.318 e. The minimum Gasteiger partial charge on any atom is -0.464 e. The van der Waals surface area contributed by atoms with Crippen molar-refractivity contribution in [3.05, 3.63) is 11.8 Å². The molecule has 1 aliphatic rings. The Morgan fingerprint density at radius 2 is 2.22 bits per heavy atom. The zero-order chi connectivity index (χ0) is 12.8. The molecule has 0 aromatic carbocycles. The summed E-state index contributed by atoms with van der Waals surface area (Å²) >= 11 is 0. The molecular formula is C13H18N4O. The Hall–Kier alpha value is -1.83. The molecule has 96 valence electrons. The number of aromatic nitrogens is 2. The van der Waals surface area contributed by atoms with Gasteiger partial charge in [0.2, 0.25) is 0 Å². The second-order valence-electron chi connectivity index (χ2n) is 4.44. The first-order valence-corrected chi connectivity index (χ1v) is 6.50. The van der Waals surface area contributed by atoms with E-state index in [0.29, 0.717) is 30.0 Å². The molecule has 5 nitrogen and oxygen atoms in total. The van der Waals surface area contributed by atoms with Gasteiger partial charge in [0, 0.05) is 6.04 Å². The van der Waals surface area contributed by atoms with Gasteiger partial charge >= 0.3 is 6.01 Å². The molecule has 0 spiro atoms. The molecule has 0 amide bonds. The van der Waals surface area contributed by atoms with Crippen molar-refractivity contribution >= 4 is 5.82 Å². The van der Waals surface area contributed by atoms with Crippen molar-refractivity contribution in [3.8, 4) is 12.1 Å². The quantitative estimate of drug-likeness (QED) is 0.883. The van der Waals surface area contributed by atoms with E-state index in [4.69, 9.17) is 10.00 Å². The van der Waals surface area contributed by atoms with Gasteiger partial charge in [-0.15, -0.1) is 0 Å². The highest BCUT2D eigenvalue weighted by Gasteiger charge is 2.16. The first kappa shape index (κ1) is 12.6. The summed E-state index contributed by atoms with van der Waals surface area (Å²) in [4.78, 5) is 8.26. The van der Waals surface area contributed by atoms with Gasteiger partial charge in [0.25, 0.3) is 0 Å². The van der Waals surface area contributed by atoms with Gasteiger partial charge in [0.1, 0.15) is 11.6 Å². The molecule has 1 saturated carbocycles. The van der Waals surface area contributed by atoms with Gasteiger partial charge in [0.15, 0.2) is 5.82 Å². The van der Waals surface area contributed by atoms with E-state index in [-0.39, 0.29) is 0 Å². The number of nitrogens with one attached hydrogen (secondary N) is 1. The van der Waals surface area contributed by atoms with Gasteiger partial charge in [-0.2, -0.15) is 10.2 Å². The number of rotatable bonds is 4.